The number of rotatable bonds is 5. The summed E-state index contributed by atoms with van der Waals surface area (Å²) in [5, 5.41) is 2.97. The van der Waals surface area contributed by atoms with Crippen LogP contribution in [-0.4, -0.2) is 60.8 Å². The number of ether oxygens (including phenoxy) is 2. The van der Waals surface area contributed by atoms with Gasteiger partial charge in [0.25, 0.3) is 0 Å². The van der Waals surface area contributed by atoms with Gasteiger partial charge in [-0.1, -0.05) is 6.07 Å². The van der Waals surface area contributed by atoms with Gasteiger partial charge in [0, 0.05) is 32.5 Å². The van der Waals surface area contributed by atoms with Crippen LogP contribution in [0.2, 0.25) is 0 Å². The molecule has 6 nitrogen and oxygen atoms in total. The lowest BCUT2D eigenvalue weighted by atomic mass is 9.90. The molecular weight excluding hydrogens is 330 g/mol. The first-order valence-electron chi connectivity index (χ1n) is 9.91. The van der Waals surface area contributed by atoms with E-state index in [0.29, 0.717) is 12.5 Å². The summed E-state index contributed by atoms with van der Waals surface area (Å²) in [7, 11) is 0. The predicted molar refractivity (Wildman–Crippen MR) is 97.5 cm³/mol. The van der Waals surface area contributed by atoms with Crippen LogP contribution in [0.4, 0.5) is 0 Å². The molecule has 0 spiro atoms. The quantitative estimate of drug-likeness (QED) is 0.865. The Kier molecular flexibility index (Phi) is 5.82. The van der Waals surface area contributed by atoms with E-state index in [1.54, 1.807) is 6.20 Å². The van der Waals surface area contributed by atoms with E-state index in [0.717, 1.165) is 57.3 Å². The molecule has 3 aliphatic rings. The number of hydrogen-bond acceptors (Lipinski definition) is 5. The molecule has 1 aromatic rings. The Labute approximate surface area is 155 Å². The maximum Gasteiger partial charge on any atom is 0.249 e. The van der Waals surface area contributed by atoms with Crippen molar-refractivity contribution in [2.75, 3.05) is 32.8 Å². The monoisotopic (exact) mass is 359 g/mol. The highest BCUT2D eigenvalue weighted by atomic mass is 16.5. The molecule has 3 fully saturated rings. The molecule has 0 bridgehead atoms. The molecule has 0 radical (unpaired) electrons. The lowest BCUT2D eigenvalue weighted by Crippen LogP contribution is -2.45. The van der Waals surface area contributed by atoms with Gasteiger partial charge < -0.3 is 19.7 Å². The number of nitrogens with one attached hydrogen (secondary N) is 1. The van der Waals surface area contributed by atoms with E-state index < -0.39 is 0 Å². The Morgan fingerprint density at radius 2 is 2.15 bits per heavy atom. The highest BCUT2D eigenvalue weighted by Crippen LogP contribution is 2.34. The van der Waals surface area contributed by atoms with Gasteiger partial charge in [-0.25, -0.2) is 0 Å². The van der Waals surface area contributed by atoms with Crippen LogP contribution in [0.25, 0.3) is 0 Å². The fourth-order valence-corrected chi connectivity index (χ4v) is 4.42. The summed E-state index contributed by atoms with van der Waals surface area (Å²) in [5.41, 5.74) is 0.874. The summed E-state index contributed by atoms with van der Waals surface area (Å²) in [6.07, 6.45) is 5.97. The van der Waals surface area contributed by atoms with E-state index in [-0.39, 0.29) is 18.1 Å². The Bertz CT molecular complexity index is 591. The van der Waals surface area contributed by atoms with Crippen molar-refractivity contribution in [1.29, 1.82) is 0 Å². The first-order chi connectivity index (χ1) is 12.8. The zero-order valence-electron chi connectivity index (χ0n) is 15.3. The van der Waals surface area contributed by atoms with Gasteiger partial charge >= 0.3 is 0 Å². The number of pyridine rings is 1. The fraction of sp³-hybridized carbons (Fsp3) is 0.700. The van der Waals surface area contributed by atoms with Gasteiger partial charge in [0.1, 0.15) is 6.10 Å². The van der Waals surface area contributed by atoms with E-state index >= 15 is 0 Å². The number of piperidine rings is 1. The van der Waals surface area contributed by atoms with Gasteiger partial charge in [-0.2, -0.15) is 0 Å². The molecule has 6 heteroatoms. The summed E-state index contributed by atoms with van der Waals surface area (Å²) in [4.78, 5) is 19.2. The molecule has 1 N–H and O–H groups in total. The van der Waals surface area contributed by atoms with Crippen molar-refractivity contribution in [2.24, 2.45) is 11.8 Å². The minimum atomic E-state index is -0.309. The van der Waals surface area contributed by atoms with Crippen molar-refractivity contribution in [3.8, 4) is 0 Å². The topological polar surface area (TPSA) is 63.7 Å². The SMILES string of the molecule is O=C(NCc1ccccn1)[C@@H]1C[C@@H]2CCN(CC3CCOCC3)C[C@@H]2O1. The van der Waals surface area contributed by atoms with Crippen molar-refractivity contribution in [2.45, 2.75) is 44.4 Å². The minimum Gasteiger partial charge on any atom is -0.381 e. The number of carbonyl (C=O) groups excluding carboxylic acids is 1. The average Bonchev–Trinajstić information content (AvgIpc) is 3.11. The summed E-state index contributed by atoms with van der Waals surface area (Å²) >= 11 is 0. The highest BCUT2D eigenvalue weighted by Gasteiger charge is 2.42. The molecule has 3 atom stereocenters. The number of likely N-dealkylation sites (tertiary alicyclic amines) is 1. The van der Waals surface area contributed by atoms with Crippen LogP contribution in [0.15, 0.2) is 24.4 Å². The van der Waals surface area contributed by atoms with E-state index in [9.17, 15) is 4.79 Å². The maximum atomic E-state index is 12.5. The van der Waals surface area contributed by atoms with Crippen LogP contribution in [0.3, 0.4) is 0 Å². The lowest BCUT2D eigenvalue weighted by Gasteiger charge is -2.36. The van der Waals surface area contributed by atoms with Gasteiger partial charge in [-0.15, -0.1) is 0 Å². The number of carbonyl (C=O) groups is 1. The molecule has 4 heterocycles. The Hall–Kier alpha value is -1.50. The van der Waals surface area contributed by atoms with Crippen molar-refractivity contribution < 1.29 is 14.3 Å². The molecule has 0 aromatic carbocycles. The fourth-order valence-electron chi connectivity index (χ4n) is 4.42. The van der Waals surface area contributed by atoms with E-state index in [1.807, 2.05) is 18.2 Å². The zero-order chi connectivity index (χ0) is 17.8. The van der Waals surface area contributed by atoms with Gasteiger partial charge in [0.15, 0.2) is 0 Å². The van der Waals surface area contributed by atoms with E-state index in [2.05, 4.69) is 15.2 Å². The molecular formula is C20H29N3O3. The molecule has 4 rings (SSSR count). The van der Waals surface area contributed by atoms with Crippen LogP contribution >= 0.6 is 0 Å². The van der Waals surface area contributed by atoms with E-state index in [4.69, 9.17) is 9.47 Å². The lowest BCUT2D eigenvalue weighted by molar-refractivity contribution is -0.133. The Balaban J connectivity index is 1.24. The van der Waals surface area contributed by atoms with Crippen molar-refractivity contribution in [3.05, 3.63) is 30.1 Å². The number of fused-ring (bicyclic) bond motifs is 1. The third-order valence-corrected chi connectivity index (χ3v) is 5.96. The first-order valence-corrected chi connectivity index (χ1v) is 9.91. The summed E-state index contributed by atoms with van der Waals surface area (Å²) in [6, 6.07) is 5.73. The normalized spacial score (nSPS) is 30.1. The number of amides is 1. The average molecular weight is 359 g/mol. The Morgan fingerprint density at radius 3 is 2.96 bits per heavy atom. The van der Waals surface area contributed by atoms with Crippen LogP contribution < -0.4 is 5.32 Å². The zero-order valence-corrected chi connectivity index (χ0v) is 15.3. The summed E-state index contributed by atoms with van der Waals surface area (Å²) in [6.45, 7) is 5.51. The van der Waals surface area contributed by atoms with Crippen molar-refractivity contribution in [3.63, 3.8) is 0 Å². The predicted octanol–water partition coefficient (Wildman–Crippen LogP) is 1.60. The molecule has 142 valence electrons. The van der Waals surface area contributed by atoms with E-state index in [1.165, 1.54) is 12.8 Å². The van der Waals surface area contributed by atoms with Crippen molar-refractivity contribution in [1.82, 2.24) is 15.2 Å². The van der Waals surface area contributed by atoms with Crippen LogP contribution in [0.1, 0.15) is 31.4 Å². The van der Waals surface area contributed by atoms with Crippen LogP contribution in [0, 0.1) is 11.8 Å². The van der Waals surface area contributed by atoms with Gasteiger partial charge in [-0.05, 0) is 56.2 Å². The minimum absolute atomic E-state index is 0.000956. The largest absolute Gasteiger partial charge is 0.381 e. The second-order valence-corrected chi connectivity index (χ2v) is 7.80. The molecule has 0 saturated carbocycles. The summed E-state index contributed by atoms with van der Waals surface area (Å²) < 4.78 is 11.6. The van der Waals surface area contributed by atoms with Crippen LogP contribution in [0.5, 0.6) is 0 Å². The highest BCUT2D eigenvalue weighted by molar-refractivity contribution is 5.81. The smallest absolute Gasteiger partial charge is 0.249 e. The second-order valence-electron chi connectivity index (χ2n) is 7.80. The molecule has 3 saturated heterocycles. The maximum absolute atomic E-state index is 12.5. The molecule has 0 aliphatic carbocycles. The van der Waals surface area contributed by atoms with Gasteiger partial charge in [0.05, 0.1) is 18.3 Å². The first kappa shape index (κ1) is 17.9. The molecule has 26 heavy (non-hydrogen) atoms. The molecule has 1 aromatic heterocycles. The van der Waals surface area contributed by atoms with Crippen LogP contribution in [-0.2, 0) is 20.8 Å². The number of hydrogen-bond donors (Lipinski definition) is 1. The van der Waals surface area contributed by atoms with Gasteiger partial charge in [-0.3, -0.25) is 9.78 Å². The van der Waals surface area contributed by atoms with Gasteiger partial charge in [0.2, 0.25) is 5.91 Å². The van der Waals surface area contributed by atoms with Crippen molar-refractivity contribution >= 4 is 5.91 Å². The number of nitrogens with zero attached hydrogens (tertiary/aromatic N) is 2. The Morgan fingerprint density at radius 1 is 1.27 bits per heavy atom. The second kappa shape index (κ2) is 8.46. The standard InChI is InChI=1S/C20H29N3O3/c24-20(22-12-17-3-1-2-7-21-17)18-11-16-4-8-23(14-19(16)26-18)13-15-5-9-25-10-6-15/h1-3,7,15-16,18-19H,4-6,8-14H2,(H,22,24)/t16-,18-,19-/m0/s1. The molecule has 0 unspecified atom stereocenters. The third-order valence-electron chi connectivity index (χ3n) is 5.96. The molecule has 3 aliphatic heterocycles. The third kappa shape index (κ3) is 4.42. The number of aromatic nitrogens is 1. The molecule has 1 amide bonds. The summed E-state index contributed by atoms with van der Waals surface area (Å²) in [5.74, 6) is 1.27.